The lowest BCUT2D eigenvalue weighted by molar-refractivity contribution is -0.119. The SMILES string of the molecule is COc1ccc(OC)c(C(C)NC(=O)CSc2nnc(N3CCOCC3)n2-c2ccccc2)c1. The van der Waals surface area contributed by atoms with Gasteiger partial charge in [-0.1, -0.05) is 30.0 Å². The zero-order valence-corrected chi connectivity index (χ0v) is 20.4. The van der Waals surface area contributed by atoms with Crippen molar-refractivity contribution in [1.82, 2.24) is 20.1 Å². The highest BCUT2D eigenvalue weighted by Crippen LogP contribution is 2.30. The standard InChI is InChI=1S/C24H29N5O4S/c1-17(20-15-19(31-2)9-10-21(20)32-3)25-22(30)16-34-24-27-26-23(28-11-13-33-14-12-28)29(24)18-7-5-4-6-8-18/h4-10,15,17H,11-14,16H2,1-3H3,(H,25,30). The number of amides is 1. The van der Waals surface area contributed by atoms with Crippen LogP contribution in [0.25, 0.3) is 5.69 Å². The lowest BCUT2D eigenvalue weighted by atomic mass is 10.1. The van der Waals surface area contributed by atoms with Gasteiger partial charge in [0.1, 0.15) is 11.5 Å². The summed E-state index contributed by atoms with van der Waals surface area (Å²) < 4.78 is 18.3. The predicted octanol–water partition coefficient (Wildman–Crippen LogP) is 3.09. The number of morpholine rings is 1. The molecule has 1 N–H and O–H groups in total. The summed E-state index contributed by atoms with van der Waals surface area (Å²) in [6, 6.07) is 15.2. The molecule has 2 heterocycles. The Kier molecular flexibility index (Phi) is 7.91. The zero-order chi connectivity index (χ0) is 23.9. The highest BCUT2D eigenvalue weighted by molar-refractivity contribution is 7.99. The van der Waals surface area contributed by atoms with Gasteiger partial charge in [-0.2, -0.15) is 0 Å². The molecule has 9 nitrogen and oxygen atoms in total. The highest BCUT2D eigenvalue weighted by Gasteiger charge is 2.23. The van der Waals surface area contributed by atoms with Gasteiger partial charge in [-0.25, -0.2) is 0 Å². The van der Waals surface area contributed by atoms with Crippen molar-refractivity contribution in [3.8, 4) is 17.2 Å². The summed E-state index contributed by atoms with van der Waals surface area (Å²) in [6.45, 7) is 4.71. The number of hydrogen-bond donors (Lipinski definition) is 1. The number of benzene rings is 2. The van der Waals surface area contributed by atoms with Gasteiger partial charge in [0.25, 0.3) is 0 Å². The summed E-state index contributed by atoms with van der Waals surface area (Å²) >= 11 is 1.35. The molecule has 0 aliphatic carbocycles. The van der Waals surface area contributed by atoms with Crippen LogP contribution in [0, 0.1) is 0 Å². The molecule has 0 bridgehead atoms. The van der Waals surface area contributed by atoms with Crippen molar-refractivity contribution in [1.29, 1.82) is 0 Å². The number of aromatic nitrogens is 3. The number of anilines is 1. The lowest BCUT2D eigenvalue weighted by Crippen LogP contribution is -2.37. The van der Waals surface area contributed by atoms with Crippen LogP contribution in [0.3, 0.4) is 0 Å². The van der Waals surface area contributed by atoms with Crippen LogP contribution in [0.15, 0.2) is 53.7 Å². The fourth-order valence-electron chi connectivity index (χ4n) is 3.80. The molecule has 0 spiro atoms. The topological polar surface area (TPSA) is 90.7 Å². The molecule has 1 atom stereocenters. The molecule has 10 heteroatoms. The van der Waals surface area contributed by atoms with Gasteiger partial charge < -0.3 is 24.4 Å². The Labute approximate surface area is 203 Å². The first-order chi connectivity index (χ1) is 16.6. The first-order valence-corrected chi connectivity index (χ1v) is 12.1. The van der Waals surface area contributed by atoms with Gasteiger partial charge in [-0.3, -0.25) is 9.36 Å². The first-order valence-electron chi connectivity index (χ1n) is 11.1. The van der Waals surface area contributed by atoms with E-state index in [0.29, 0.717) is 29.9 Å². The molecule has 3 aromatic rings. The van der Waals surface area contributed by atoms with E-state index in [1.165, 1.54) is 11.8 Å². The van der Waals surface area contributed by atoms with Crippen LogP contribution >= 0.6 is 11.8 Å². The fraction of sp³-hybridized carbons (Fsp3) is 0.375. The van der Waals surface area contributed by atoms with Crippen molar-refractivity contribution in [3.05, 3.63) is 54.1 Å². The van der Waals surface area contributed by atoms with Gasteiger partial charge in [0.15, 0.2) is 5.16 Å². The third-order valence-electron chi connectivity index (χ3n) is 5.54. The molecule has 1 unspecified atom stereocenters. The number of nitrogens with zero attached hydrogens (tertiary/aromatic N) is 4. The summed E-state index contributed by atoms with van der Waals surface area (Å²) in [5, 5.41) is 12.6. The molecule has 0 saturated carbocycles. The molecular formula is C24H29N5O4S. The van der Waals surface area contributed by atoms with E-state index in [2.05, 4.69) is 20.4 Å². The number of rotatable bonds is 9. The summed E-state index contributed by atoms with van der Waals surface area (Å²) in [4.78, 5) is 15.0. The molecule has 2 aromatic carbocycles. The summed E-state index contributed by atoms with van der Waals surface area (Å²) in [6.07, 6.45) is 0. The largest absolute Gasteiger partial charge is 0.497 e. The van der Waals surface area contributed by atoms with Gasteiger partial charge >= 0.3 is 0 Å². The number of carbonyl (C=O) groups excluding carboxylic acids is 1. The lowest BCUT2D eigenvalue weighted by Gasteiger charge is -2.27. The maximum atomic E-state index is 12.8. The molecular weight excluding hydrogens is 454 g/mol. The van der Waals surface area contributed by atoms with E-state index in [1.807, 2.05) is 60.0 Å². The van der Waals surface area contributed by atoms with Crippen molar-refractivity contribution in [2.75, 3.05) is 51.2 Å². The second-order valence-electron chi connectivity index (χ2n) is 7.74. The molecule has 180 valence electrons. The normalized spacial score (nSPS) is 14.5. The minimum atomic E-state index is -0.256. The molecule has 1 aliphatic heterocycles. The summed E-state index contributed by atoms with van der Waals surface area (Å²) in [5.41, 5.74) is 1.80. The summed E-state index contributed by atoms with van der Waals surface area (Å²) in [7, 11) is 3.22. The molecule has 1 amide bonds. The number of hydrogen-bond acceptors (Lipinski definition) is 8. The molecule has 1 saturated heterocycles. The van der Waals surface area contributed by atoms with Crippen LogP contribution in [0.5, 0.6) is 11.5 Å². The molecule has 34 heavy (non-hydrogen) atoms. The Morgan fingerprint density at radius 1 is 1.12 bits per heavy atom. The van der Waals surface area contributed by atoms with Crippen LogP contribution in [0.1, 0.15) is 18.5 Å². The van der Waals surface area contributed by atoms with Crippen LogP contribution in [0.2, 0.25) is 0 Å². The van der Waals surface area contributed by atoms with Gasteiger partial charge in [-0.15, -0.1) is 10.2 Å². The smallest absolute Gasteiger partial charge is 0.232 e. The third-order valence-corrected chi connectivity index (χ3v) is 6.47. The average Bonchev–Trinajstić information content (AvgIpc) is 3.32. The van der Waals surface area contributed by atoms with E-state index in [9.17, 15) is 4.79 Å². The Balaban J connectivity index is 1.48. The Morgan fingerprint density at radius 3 is 2.59 bits per heavy atom. The number of para-hydroxylation sites is 1. The Hall–Kier alpha value is -3.24. The first kappa shape index (κ1) is 23.9. The minimum Gasteiger partial charge on any atom is -0.497 e. The maximum Gasteiger partial charge on any atom is 0.232 e. The molecule has 4 rings (SSSR count). The van der Waals surface area contributed by atoms with E-state index in [1.54, 1.807) is 14.2 Å². The number of methoxy groups -OCH3 is 2. The van der Waals surface area contributed by atoms with Gasteiger partial charge in [0.2, 0.25) is 11.9 Å². The van der Waals surface area contributed by atoms with Crippen molar-refractivity contribution in [2.24, 2.45) is 0 Å². The van der Waals surface area contributed by atoms with E-state index < -0.39 is 0 Å². The Morgan fingerprint density at radius 2 is 1.88 bits per heavy atom. The van der Waals surface area contributed by atoms with E-state index in [0.717, 1.165) is 30.3 Å². The highest BCUT2D eigenvalue weighted by atomic mass is 32.2. The minimum absolute atomic E-state index is 0.113. The van der Waals surface area contributed by atoms with Gasteiger partial charge in [0, 0.05) is 18.7 Å². The van der Waals surface area contributed by atoms with Crippen LogP contribution in [-0.2, 0) is 9.53 Å². The summed E-state index contributed by atoms with van der Waals surface area (Å²) in [5.74, 6) is 2.24. The maximum absolute atomic E-state index is 12.8. The molecule has 1 aromatic heterocycles. The predicted molar refractivity (Wildman–Crippen MR) is 131 cm³/mol. The van der Waals surface area contributed by atoms with Crippen molar-refractivity contribution in [2.45, 2.75) is 18.1 Å². The van der Waals surface area contributed by atoms with Crippen molar-refractivity contribution < 1.29 is 19.0 Å². The zero-order valence-electron chi connectivity index (χ0n) is 19.6. The van der Waals surface area contributed by atoms with Gasteiger partial charge in [-0.05, 0) is 37.3 Å². The number of carbonyl (C=O) groups is 1. The molecule has 1 aliphatic rings. The molecule has 0 radical (unpaired) electrons. The third kappa shape index (κ3) is 5.45. The van der Waals surface area contributed by atoms with Gasteiger partial charge in [0.05, 0.1) is 44.9 Å². The van der Waals surface area contributed by atoms with E-state index >= 15 is 0 Å². The quantitative estimate of drug-likeness (QED) is 0.465. The average molecular weight is 484 g/mol. The molecule has 1 fully saturated rings. The number of nitrogens with one attached hydrogen (secondary N) is 1. The Bertz CT molecular complexity index is 1100. The van der Waals surface area contributed by atoms with Crippen molar-refractivity contribution >= 4 is 23.6 Å². The number of ether oxygens (including phenoxy) is 3. The monoisotopic (exact) mass is 483 g/mol. The van der Waals surface area contributed by atoms with Crippen molar-refractivity contribution in [3.63, 3.8) is 0 Å². The van der Waals surface area contributed by atoms with Crippen LogP contribution < -0.4 is 19.7 Å². The van der Waals surface area contributed by atoms with E-state index in [-0.39, 0.29) is 17.7 Å². The van der Waals surface area contributed by atoms with E-state index in [4.69, 9.17) is 14.2 Å². The fourth-order valence-corrected chi connectivity index (χ4v) is 4.55. The second-order valence-corrected chi connectivity index (χ2v) is 8.68. The van der Waals surface area contributed by atoms with Crippen LogP contribution in [0.4, 0.5) is 5.95 Å². The number of thioether (sulfide) groups is 1. The van der Waals surface area contributed by atoms with Crippen LogP contribution in [-0.4, -0.2) is 66.9 Å². The second kappa shape index (κ2) is 11.3.